The molecular formula is C30H24FN5O4S2. The summed E-state index contributed by atoms with van der Waals surface area (Å²) in [6.45, 7) is 4.08. The van der Waals surface area contributed by atoms with Crippen LogP contribution < -0.4 is 9.64 Å². The summed E-state index contributed by atoms with van der Waals surface area (Å²) in [5.74, 6) is -1.42. The van der Waals surface area contributed by atoms with Crippen LogP contribution in [0.5, 0.6) is 5.75 Å². The summed E-state index contributed by atoms with van der Waals surface area (Å²) in [6.07, 6.45) is 1.73. The van der Waals surface area contributed by atoms with E-state index < -0.39 is 17.7 Å². The summed E-state index contributed by atoms with van der Waals surface area (Å²) in [7, 11) is 0. The highest BCUT2D eigenvalue weighted by Crippen LogP contribution is 2.44. The van der Waals surface area contributed by atoms with Gasteiger partial charge in [0.15, 0.2) is 10.1 Å². The van der Waals surface area contributed by atoms with Crippen LogP contribution in [-0.4, -0.2) is 43.0 Å². The fourth-order valence-electron chi connectivity index (χ4n) is 4.90. The van der Waals surface area contributed by atoms with Crippen LogP contribution in [0.25, 0.3) is 11.4 Å². The lowest BCUT2D eigenvalue weighted by atomic mass is 9.96. The van der Waals surface area contributed by atoms with Gasteiger partial charge in [0.1, 0.15) is 22.9 Å². The number of benzene rings is 2. The van der Waals surface area contributed by atoms with Crippen LogP contribution in [0.4, 0.5) is 9.52 Å². The van der Waals surface area contributed by atoms with Crippen LogP contribution in [-0.2, 0) is 15.3 Å². The van der Waals surface area contributed by atoms with Gasteiger partial charge < -0.3 is 9.84 Å². The smallest absolute Gasteiger partial charge is 0.301 e. The molecule has 0 spiro atoms. The van der Waals surface area contributed by atoms with E-state index in [1.807, 2.05) is 13.0 Å². The van der Waals surface area contributed by atoms with Crippen molar-refractivity contribution in [1.29, 1.82) is 0 Å². The molecule has 3 aromatic heterocycles. The molecule has 4 heterocycles. The summed E-state index contributed by atoms with van der Waals surface area (Å²) in [5.41, 5.74) is 2.40. The predicted octanol–water partition coefficient (Wildman–Crippen LogP) is 5.95. The number of ether oxygens (including phenoxy) is 1. The zero-order valence-corrected chi connectivity index (χ0v) is 24.2. The van der Waals surface area contributed by atoms with E-state index in [-0.39, 0.29) is 22.3 Å². The van der Waals surface area contributed by atoms with Crippen molar-refractivity contribution < 1.29 is 23.8 Å². The quantitative estimate of drug-likeness (QED) is 0.0764. The topological polar surface area (TPSA) is 110 Å². The second-order valence-corrected chi connectivity index (χ2v) is 11.6. The lowest BCUT2D eigenvalue weighted by Gasteiger charge is -2.22. The lowest BCUT2D eigenvalue weighted by molar-refractivity contribution is -0.132. The van der Waals surface area contributed by atoms with Gasteiger partial charge in [-0.3, -0.25) is 18.9 Å². The van der Waals surface area contributed by atoms with Crippen LogP contribution in [0, 0.1) is 12.7 Å². The van der Waals surface area contributed by atoms with Gasteiger partial charge in [-0.05, 0) is 55.3 Å². The number of aliphatic hydroxyl groups excluding tert-OH is 1. The molecule has 0 saturated carbocycles. The molecule has 42 heavy (non-hydrogen) atoms. The Morgan fingerprint density at radius 2 is 1.83 bits per heavy atom. The van der Waals surface area contributed by atoms with Crippen molar-refractivity contribution >= 4 is 51.3 Å². The van der Waals surface area contributed by atoms with Crippen LogP contribution in [0.2, 0.25) is 0 Å². The number of anilines is 1. The Bertz CT molecular complexity index is 1850. The first-order valence-corrected chi connectivity index (χ1v) is 14.8. The first kappa shape index (κ1) is 27.6. The number of aromatic nitrogens is 4. The summed E-state index contributed by atoms with van der Waals surface area (Å²) in [5, 5.41) is 20.3. The zero-order chi connectivity index (χ0) is 29.4. The summed E-state index contributed by atoms with van der Waals surface area (Å²) < 4.78 is 21.9. The van der Waals surface area contributed by atoms with E-state index in [2.05, 4.69) is 15.2 Å². The minimum atomic E-state index is -0.994. The molecule has 1 saturated heterocycles. The van der Waals surface area contributed by atoms with E-state index >= 15 is 0 Å². The Morgan fingerprint density at radius 3 is 2.60 bits per heavy atom. The van der Waals surface area contributed by atoms with E-state index in [0.717, 1.165) is 11.3 Å². The summed E-state index contributed by atoms with van der Waals surface area (Å²) >= 11 is 2.39. The van der Waals surface area contributed by atoms with Gasteiger partial charge in [-0.25, -0.2) is 9.37 Å². The highest BCUT2D eigenvalue weighted by atomic mass is 32.2. The number of rotatable bonds is 8. The second kappa shape index (κ2) is 11.4. The number of halogens is 1. The van der Waals surface area contributed by atoms with Crippen molar-refractivity contribution in [3.05, 3.63) is 107 Å². The maximum Gasteiger partial charge on any atom is 0.301 e. The van der Waals surface area contributed by atoms with Gasteiger partial charge >= 0.3 is 5.91 Å². The number of ketones is 1. The highest BCUT2D eigenvalue weighted by Gasteiger charge is 2.49. The first-order valence-electron chi connectivity index (χ1n) is 13.0. The molecular weight excluding hydrogens is 577 g/mol. The molecule has 1 fully saturated rings. The third kappa shape index (κ3) is 4.92. The molecule has 1 amide bonds. The number of aryl methyl sites for hydroxylation is 1. The van der Waals surface area contributed by atoms with Gasteiger partial charge in [-0.15, -0.1) is 10.2 Å². The van der Waals surface area contributed by atoms with Gasteiger partial charge in [-0.1, -0.05) is 59.5 Å². The average molecular weight is 602 g/mol. The van der Waals surface area contributed by atoms with Crippen LogP contribution >= 0.6 is 23.1 Å². The van der Waals surface area contributed by atoms with Gasteiger partial charge in [0.2, 0.25) is 5.13 Å². The van der Waals surface area contributed by atoms with Crippen molar-refractivity contribution in [2.45, 2.75) is 30.0 Å². The molecule has 0 bridgehead atoms. The van der Waals surface area contributed by atoms with Gasteiger partial charge in [0, 0.05) is 11.9 Å². The van der Waals surface area contributed by atoms with E-state index in [1.54, 1.807) is 72.1 Å². The molecule has 1 aliphatic heterocycles. The normalized spacial score (nSPS) is 16.5. The van der Waals surface area contributed by atoms with E-state index in [1.165, 1.54) is 22.7 Å². The summed E-state index contributed by atoms with van der Waals surface area (Å²) in [6, 6.07) is 17.8. The standard InChI is InChI=1S/C30H24FN5O4S2/c1-3-40-20-13-11-18(12-14-20)25-23(26(37)24-17(2)32-22-10-6-7-15-35(22)24)27(38)28(39)36(25)29-33-34-30(42-29)41-16-19-8-4-5-9-21(19)31/h4-15,25,37H,3,16H2,1-2H3/b26-23+. The second-order valence-electron chi connectivity index (χ2n) is 9.38. The van der Waals surface area contributed by atoms with Crippen LogP contribution in [0.3, 0.4) is 0 Å². The van der Waals surface area contributed by atoms with Gasteiger partial charge in [0.05, 0.1) is 23.9 Å². The number of hydrogen-bond acceptors (Lipinski definition) is 9. The number of fused-ring (bicyclic) bond motifs is 1. The Kier molecular flexibility index (Phi) is 7.48. The molecule has 212 valence electrons. The third-order valence-electron chi connectivity index (χ3n) is 6.79. The molecule has 0 radical (unpaired) electrons. The van der Waals surface area contributed by atoms with Crippen LogP contribution in [0.15, 0.2) is 82.8 Å². The van der Waals surface area contributed by atoms with Crippen molar-refractivity contribution in [3.63, 3.8) is 0 Å². The lowest BCUT2D eigenvalue weighted by Crippen LogP contribution is -2.29. The number of carbonyl (C=O) groups is 2. The average Bonchev–Trinajstić information content (AvgIpc) is 3.66. The Balaban J connectivity index is 1.44. The van der Waals surface area contributed by atoms with E-state index in [9.17, 15) is 19.1 Å². The minimum Gasteiger partial charge on any atom is -0.505 e. The fourth-order valence-corrected chi connectivity index (χ4v) is 6.75. The molecule has 1 aliphatic rings. The number of Topliss-reactive ketones (excluding diaryl/α,β-unsaturated/α-hetero) is 1. The minimum absolute atomic E-state index is 0.0892. The fraction of sp³-hybridized carbons (Fsp3) is 0.167. The van der Waals surface area contributed by atoms with E-state index in [0.29, 0.717) is 50.6 Å². The molecule has 1 N–H and O–H groups in total. The number of carbonyl (C=O) groups excluding carboxylic acids is 2. The van der Waals surface area contributed by atoms with Crippen molar-refractivity contribution in [1.82, 2.24) is 19.6 Å². The molecule has 2 aromatic carbocycles. The van der Waals surface area contributed by atoms with Crippen LogP contribution in [0.1, 0.15) is 35.5 Å². The molecule has 9 nitrogen and oxygen atoms in total. The molecule has 12 heteroatoms. The maximum atomic E-state index is 14.1. The maximum absolute atomic E-state index is 14.1. The number of amides is 1. The Hall–Kier alpha value is -4.55. The Labute approximate surface area is 248 Å². The van der Waals surface area contributed by atoms with Crippen molar-refractivity contribution in [3.8, 4) is 5.75 Å². The number of thioether (sulfide) groups is 1. The number of nitrogens with zero attached hydrogens (tertiary/aromatic N) is 5. The molecule has 0 aliphatic carbocycles. The molecule has 5 aromatic rings. The predicted molar refractivity (Wildman–Crippen MR) is 158 cm³/mol. The van der Waals surface area contributed by atoms with E-state index in [4.69, 9.17) is 4.74 Å². The highest BCUT2D eigenvalue weighted by molar-refractivity contribution is 8.00. The van der Waals surface area contributed by atoms with Crippen molar-refractivity contribution in [2.24, 2.45) is 0 Å². The number of hydrogen-bond donors (Lipinski definition) is 1. The molecule has 1 atom stereocenters. The largest absolute Gasteiger partial charge is 0.505 e. The monoisotopic (exact) mass is 601 g/mol. The zero-order valence-electron chi connectivity index (χ0n) is 22.5. The number of pyridine rings is 1. The number of aliphatic hydroxyl groups is 1. The summed E-state index contributed by atoms with van der Waals surface area (Å²) in [4.78, 5) is 33.0. The van der Waals surface area contributed by atoms with Crippen molar-refractivity contribution in [2.75, 3.05) is 11.5 Å². The third-order valence-corrected chi connectivity index (χ3v) is 8.90. The van der Waals surface area contributed by atoms with Gasteiger partial charge in [0.25, 0.3) is 5.78 Å². The molecule has 1 unspecified atom stereocenters. The SMILES string of the molecule is CCOc1ccc(C2/C(=C(\O)c3c(C)nc4ccccn34)C(=O)C(=O)N2c2nnc(SCc3ccccc3F)s2)cc1. The van der Waals surface area contributed by atoms with Gasteiger partial charge in [-0.2, -0.15) is 0 Å². The Morgan fingerprint density at radius 1 is 1.07 bits per heavy atom. The first-order chi connectivity index (χ1) is 20.4. The molecule has 6 rings (SSSR count). The number of imidazole rings is 1.